The van der Waals surface area contributed by atoms with Crippen molar-refractivity contribution >= 4 is 18.3 Å². The van der Waals surface area contributed by atoms with Gasteiger partial charge in [-0.3, -0.25) is 0 Å². The van der Waals surface area contributed by atoms with Crippen molar-refractivity contribution in [1.29, 1.82) is 0 Å². The van der Waals surface area contributed by atoms with E-state index in [0.717, 1.165) is 5.56 Å². The molecule has 0 heterocycles. The van der Waals surface area contributed by atoms with Gasteiger partial charge in [-0.05, 0) is 44.1 Å². The van der Waals surface area contributed by atoms with Gasteiger partial charge in [-0.15, -0.1) is 0 Å². The van der Waals surface area contributed by atoms with E-state index in [1.54, 1.807) is 30.3 Å². The standard InChI is InChI=1S/C19H33NO4SSi/c1-15-10-12-17(13-11-15)25(22,23)20-18(9-8-14-21)16(2)24-26(6,7)19(3,4)5/h8-13,16,18,20-21H,14H2,1-7H3/b9-8+/t16-,18-/m1/s1. The zero-order chi connectivity index (χ0) is 20.2. The maximum atomic E-state index is 12.7. The van der Waals surface area contributed by atoms with Gasteiger partial charge in [0, 0.05) is 0 Å². The van der Waals surface area contributed by atoms with Gasteiger partial charge in [0.05, 0.1) is 23.6 Å². The smallest absolute Gasteiger partial charge is 0.241 e. The zero-order valence-corrected chi connectivity index (χ0v) is 18.7. The molecule has 1 rings (SSSR count). The number of aliphatic hydroxyl groups is 1. The third-order valence-corrected chi connectivity index (χ3v) is 10.9. The van der Waals surface area contributed by atoms with Gasteiger partial charge in [-0.25, -0.2) is 13.1 Å². The molecule has 26 heavy (non-hydrogen) atoms. The fourth-order valence-electron chi connectivity index (χ4n) is 2.18. The van der Waals surface area contributed by atoms with Gasteiger partial charge in [0.15, 0.2) is 8.32 Å². The molecule has 0 aliphatic rings. The molecule has 1 aromatic carbocycles. The summed E-state index contributed by atoms with van der Waals surface area (Å²) < 4.78 is 34.5. The molecule has 0 spiro atoms. The average Bonchev–Trinajstić information content (AvgIpc) is 2.50. The van der Waals surface area contributed by atoms with Crippen molar-refractivity contribution in [3.8, 4) is 0 Å². The van der Waals surface area contributed by atoms with Crippen molar-refractivity contribution in [3.63, 3.8) is 0 Å². The molecular formula is C19H33NO4SSi. The average molecular weight is 400 g/mol. The van der Waals surface area contributed by atoms with E-state index in [2.05, 4.69) is 38.6 Å². The van der Waals surface area contributed by atoms with Gasteiger partial charge in [0.2, 0.25) is 10.0 Å². The molecule has 0 saturated heterocycles. The maximum absolute atomic E-state index is 12.7. The number of hydrogen-bond donors (Lipinski definition) is 2. The maximum Gasteiger partial charge on any atom is 0.241 e. The van der Waals surface area contributed by atoms with Gasteiger partial charge in [0.1, 0.15) is 0 Å². The summed E-state index contributed by atoms with van der Waals surface area (Å²) in [6.45, 7) is 14.3. The molecule has 2 atom stereocenters. The van der Waals surface area contributed by atoms with E-state index in [1.165, 1.54) is 6.08 Å². The van der Waals surface area contributed by atoms with Gasteiger partial charge >= 0.3 is 0 Å². The topological polar surface area (TPSA) is 75.6 Å². The van der Waals surface area contributed by atoms with Gasteiger partial charge < -0.3 is 9.53 Å². The van der Waals surface area contributed by atoms with Crippen LogP contribution in [0.15, 0.2) is 41.3 Å². The lowest BCUT2D eigenvalue weighted by atomic mass is 10.2. The van der Waals surface area contributed by atoms with Gasteiger partial charge in [-0.1, -0.05) is 50.6 Å². The number of benzene rings is 1. The first-order valence-corrected chi connectivity index (χ1v) is 13.2. The van der Waals surface area contributed by atoms with Crippen molar-refractivity contribution in [1.82, 2.24) is 4.72 Å². The second-order valence-corrected chi connectivity index (χ2v) is 14.6. The molecule has 0 saturated carbocycles. The monoisotopic (exact) mass is 399 g/mol. The van der Waals surface area contributed by atoms with Gasteiger partial charge in [-0.2, -0.15) is 0 Å². The lowest BCUT2D eigenvalue weighted by Gasteiger charge is -2.40. The Morgan fingerprint density at radius 2 is 1.77 bits per heavy atom. The van der Waals surface area contributed by atoms with Crippen LogP contribution in [0, 0.1) is 6.92 Å². The quantitative estimate of drug-likeness (QED) is 0.517. The first kappa shape index (κ1) is 23.0. The Morgan fingerprint density at radius 1 is 1.23 bits per heavy atom. The largest absolute Gasteiger partial charge is 0.412 e. The Morgan fingerprint density at radius 3 is 2.23 bits per heavy atom. The highest BCUT2D eigenvalue weighted by Gasteiger charge is 2.39. The second kappa shape index (κ2) is 8.80. The minimum Gasteiger partial charge on any atom is -0.412 e. The lowest BCUT2D eigenvalue weighted by Crippen LogP contribution is -2.50. The molecule has 0 bridgehead atoms. The molecule has 148 valence electrons. The predicted molar refractivity (Wildman–Crippen MR) is 109 cm³/mol. The van der Waals surface area contributed by atoms with Crippen molar-refractivity contribution in [2.75, 3.05) is 6.61 Å². The molecule has 0 fully saturated rings. The van der Waals surface area contributed by atoms with Crippen LogP contribution in [0.3, 0.4) is 0 Å². The Balaban J connectivity index is 3.06. The highest BCUT2D eigenvalue weighted by molar-refractivity contribution is 7.89. The van der Waals surface area contributed by atoms with Crippen molar-refractivity contribution in [3.05, 3.63) is 42.0 Å². The highest BCUT2D eigenvalue weighted by Crippen LogP contribution is 2.37. The van der Waals surface area contributed by atoms with Crippen LogP contribution in [-0.2, 0) is 14.4 Å². The minimum atomic E-state index is -3.69. The number of rotatable bonds is 8. The molecule has 5 nitrogen and oxygen atoms in total. The SMILES string of the molecule is Cc1ccc(S(=O)(=O)N[C@H](/C=C/CO)[C@@H](C)O[Si](C)(C)C(C)(C)C)cc1. The summed E-state index contributed by atoms with van der Waals surface area (Å²) in [5, 5.41) is 9.12. The van der Waals surface area contributed by atoms with Gasteiger partial charge in [0.25, 0.3) is 0 Å². The first-order valence-electron chi connectivity index (χ1n) is 8.84. The molecular weight excluding hydrogens is 366 g/mol. The van der Waals surface area contributed by atoms with Crippen molar-refractivity contribution in [2.24, 2.45) is 0 Å². The first-order chi connectivity index (χ1) is 11.8. The molecule has 0 radical (unpaired) electrons. The van der Waals surface area contributed by atoms with Crippen molar-refractivity contribution < 1.29 is 18.0 Å². The van der Waals surface area contributed by atoms with Crippen LogP contribution in [0.25, 0.3) is 0 Å². The molecule has 0 aromatic heterocycles. The Hall–Kier alpha value is -0.993. The van der Waals surface area contributed by atoms with Crippen LogP contribution in [0.2, 0.25) is 18.1 Å². The molecule has 0 amide bonds. The fraction of sp³-hybridized carbons (Fsp3) is 0.579. The van der Waals surface area contributed by atoms with Crippen LogP contribution in [-0.4, -0.2) is 40.6 Å². The summed E-state index contributed by atoms with van der Waals surface area (Å²) in [7, 11) is -5.75. The Bertz CT molecular complexity index is 706. The predicted octanol–water partition coefficient (Wildman–Crippen LogP) is 3.60. The molecule has 2 N–H and O–H groups in total. The molecule has 7 heteroatoms. The zero-order valence-electron chi connectivity index (χ0n) is 16.9. The summed E-state index contributed by atoms with van der Waals surface area (Å²) in [4.78, 5) is 0.213. The molecule has 0 aliphatic heterocycles. The highest BCUT2D eigenvalue weighted by atomic mass is 32.2. The molecule has 1 aromatic rings. The van der Waals surface area contributed by atoms with E-state index in [4.69, 9.17) is 9.53 Å². The van der Waals surface area contributed by atoms with E-state index in [9.17, 15) is 8.42 Å². The van der Waals surface area contributed by atoms with Crippen LogP contribution in [0.1, 0.15) is 33.3 Å². The third-order valence-electron chi connectivity index (χ3n) is 4.86. The summed E-state index contributed by atoms with van der Waals surface area (Å²) in [5.74, 6) is 0. The third kappa shape index (κ3) is 6.31. The van der Waals surface area contributed by atoms with Crippen molar-refractivity contribution in [2.45, 2.75) is 69.8 Å². The van der Waals surface area contributed by atoms with E-state index >= 15 is 0 Å². The van der Waals surface area contributed by atoms with Crippen LogP contribution in [0.4, 0.5) is 0 Å². The van der Waals surface area contributed by atoms with Crippen LogP contribution in [0.5, 0.6) is 0 Å². The number of hydrogen-bond acceptors (Lipinski definition) is 4. The van der Waals surface area contributed by atoms with E-state index in [0.29, 0.717) is 0 Å². The summed E-state index contributed by atoms with van der Waals surface area (Å²) in [5.41, 5.74) is 0.996. The second-order valence-electron chi connectivity index (χ2n) is 8.15. The number of sulfonamides is 1. The summed E-state index contributed by atoms with van der Waals surface area (Å²) in [6.07, 6.45) is 2.83. The van der Waals surface area contributed by atoms with E-state index in [1.807, 2.05) is 13.8 Å². The minimum absolute atomic E-state index is 0.0162. The normalized spacial score (nSPS) is 16.0. The number of aliphatic hydroxyl groups excluding tert-OH is 1. The fourth-order valence-corrected chi connectivity index (χ4v) is 4.87. The number of nitrogens with one attached hydrogen (secondary N) is 1. The van der Waals surface area contributed by atoms with E-state index < -0.39 is 24.4 Å². The number of aryl methyl sites for hydroxylation is 1. The summed E-state index contributed by atoms with van der Waals surface area (Å²) in [6, 6.07) is 6.14. The Labute approximate surface area is 159 Å². The van der Waals surface area contributed by atoms with Crippen LogP contribution >= 0.6 is 0 Å². The molecule has 0 unspecified atom stereocenters. The lowest BCUT2D eigenvalue weighted by molar-refractivity contribution is 0.179. The summed E-state index contributed by atoms with van der Waals surface area (Å²) >= 11 is 0. The van der Waals surface area contributed by atoms with E-state index in [-0.39, 0.29) is 22.6 Å². The Kier molecular flexibility index (Phi) is 7.80. The molecule has 0 aliphatic carbocycles. The van der Waals surface area contributed by atoms with Crippen LogP contribution < -0.4 is 4.72 Å².